The molecular weight excluding hydrogens is 353 g/mol. The van der Waals surface area contributed by atoms with E-state index in [1.54, 1.807) is 23.9 Å². The number of carbonyl (C=O) groups is 1. The normalized spacial score (nSPS) is 16.5. The fraction of sp³-hybridized carbons (Fsp3) is 0.250. The van der Waals surface area contributed by atoms with Gasteiger partial charge in [0.2, 0.25) is 0 Å². The number of rotatable bonds is 3. The van der Waals surface area contributed by atoms with Crippen molar-refractivity contribution in [2.45, 2.75) is 24.7 Å². The fourth-order valence-corrected chi connectivity index (χ4v) is 3.76. The van der Waals surface area contributed by atoms with Gasteiger partial charge >= 0.3 is 6.18 Å². The van der Waals surface area contributed by atoms with Gasteiger partial charge in [0.1, 0.15) is 10.9 Å². The minimum atomic E-state index is -4.41. The first-order valence-corrected chi connectivity index (χ1v) is 8.67. The summed E-state index contributed by atoms with van der Waals surface area (Å²) in [4.78, 5) is 18.1. The summed E-state index contributed by atoms with van der Waals surface area (Å²) in [7, 11) is 0.766. The van der Waals surface area contributed by atoms with Gasteiger partial charge in [-0.05, 0) is 24.6 Å². The molecule has 0 N–H and O–H groups in total. The quantitative estimate of drug-likeness (QED) is 0.782. The van der Waals surface area contributed by atoms with Crippen LogP contribution in [-0.2, 0) is 17.5 Å². The minimum absolute atomic E-state index is 0.0467. The van der Waals surface area contributed by atoms with Crippen molar-refractivity contribution < 1.29 is 18.0 Å². The first-order valence-electron chi connectivity index (χ1n) is 7.27. The van der Waals surface area contributed by atoms with Crippen LogP contribution in [0.2, 0.25) is 0 Å². The molecular formula is C16H15F3N4OS. The molecule has 1 amide bonds. The molecule has 1 aliphatic rings. The van der Waals surface area contributed by atoms with Crippen LogP contribution in [0.5, 0.6) is 0 Å². The number of hydrogen-bond acceptors (Lipinski definition) is 3. The first kappa shape index (κ1) is 17.4. The van der Waals surface area contributed by atoms with E-state index in [-0.39, 0.29) is 17.5 Å². The van der Waals surface area contributed by atoms with Crippen molar-refractivity contribution in [3.05, 3.63) is 47.4 Å². The number of carbonyl (C=O) groups excluding carboxylic acids is 1. The van der Waals surface area contributed by atoms with Crippen LogP contribution in [0, 0.1) is 6.92 Å². The Bertz CT molecular complexity index is 901. The lowest BCUT2D eigenvalue weighted by Crippen LogP contribution is -2.31. The van der Waals surface area contributed by atoms with Gasteiger partial charge in [-0.2, -0.15) is 18.3 Å². The van der Waals surface area contributed by atoms with Gasteiger partial charge in [-0.25, -0.2) is 9.66 Å². The number of nitrogens with zero attached hydrogens (tertiary/aromatic N) is 4. The van der Waals surface area contributed by atoms with Gasteiger partial charge in [0.05, 0.1) is 11.8 Å². The number of alkyl halides is 3. The molecule has 1 aromatic heterocycles. The lowest BCUT2D eigenvalue weighted by Gasteiger charge is -2.18. The molecule has 0 saturated carbocycles. The van der Waals surface area contributed by atoms with E-state index in [1.165, 1.54) is 18.0 Å². The van der Waals surface area contributed by atoms with Crippen LogP contribution in [0.25, 0.3) is 0 Å². The molecule has 5 nitrogen and oxygen atoms in total. The third-order valence-corrected chi connectivity index (χ3v) is 5.26. The van der Waals surface area contributed by atoms with Crippen molar-refractivity contribution in [1.29, 1.82) is 0 Å². The molecule has 0 radical (unpaired) electrons. The summed E-state index contributed by atoms with van der Waals surface area (Å²) in [5.74, 6) is 4.26. The summed E-state index contributed by atoms with van der Waals surface area (Å²) in [5.41, 5.74) is -0.343. The molecule has 25 heavy (non-hydrogen) atoms. The van der Waals surface area contributed by atoms with Gasteiger partial charge < -0.3 is 4.90 Å². The molecule has 2 heterocycles. The molecule has 1 aromatic carbocycles. The zero-order valence-electron chi connectivity index (χ0n) is 13.5. The fourth-order valence-electron chi connectivity index (χ4n) is 2.45. The van der Waals surface area contributed by atoms with E-state index in [4.69, 9.17) is 0 Å². The number of imidazole rings is 1. The average Bonchev–Trinajstić information content (AvgIpc) is 3.07. The van der Waals surface area contributed by atoms with E-state index in [1.807, 2.05) is 0 Å². The summed E-state index contributed by atoms with van der Waals surface area (Å²) >= 11 is 0. The summed E-state index contributed by atoms with van der Waals surface area (Å²) < 4.78 is 40.0. The van der Waals surface area contributed by atoms with Crippen LogP contribution >= 0.6 is 10.5 Å². The van der Waals surface area contributed by atoms with E-state index in [9.17, 15) is 18.0 Å². The Labute approximate surface area is 144 Å². The van der Waals surface area contributed by atoms with E-state index in [2.05, 4.69) is 16.0 Å². The second kappa shape index (κ2) is 6.14. The summed E-state index contributed by atoms with van der Waals surface area (Å²) in [6.07, 6.45) is -2.79. The monoisotopic (exact) mass is 368 g/mol. The molecule has 2 aromatic rings. The topological polar surface area (TPSA) is 50.5 Å². The summed E-state index contributed by atoms with van der Waals surface area (Å²) in [6.45, 7) is 1.81. The van der Waals surface area contributed by atoms with E-state index in [0.717, 1.165) is 17.2 Å². The molecule has 9 heteroatoms. The lowest BCUT2D eigenvalue weighted by molar-refractivity contribution is -0.137. The number of aromatic nitrogens is 2. The van der Waals surface area contributed by atoms with Crippen molar-refractivity contribution in [2.24, 2.45) is 5.10 Å². The highest BCUT2D eigenvalue weighted by Gasteiger charge is 2.31. The van der Waals surface area contributed by atoms with Crippen molar-refractivity contribution in [1.82, 2.24) is 14.6 Å². The van der Waals surface area contributed by atoms with Gasteiger partial charge in [0.15, 0.2) is 5.04 Å². The molecule has 0 bridgehead atoms. The van der Waals surface area contributed by atoms with E-state index in [0.29, 0.717) is 11.4 Å². The molecule has 1 unspecified atom stereocenters. The molecule has 0 aliphatic carbocycles. The van der Waals surface area contributed by atoms with Crippen molar-refractivity contribution in [3.8, 4) is 0 Å². The number of benzene rings is 1. The molecule has 3 rings (SSSR count). The number of fused-ring (bicyclic) bond motifs is 1. The van der Waals surface area contributed by atoms with E-state index < -0.39 is 22.2 Å². The summed E-state index contributed by atoms with van der Waals surface area (Å²) in [5, 5.41) is 5.28. The highest BCUT2D eigenvalue weighted by Crippen LogP contribution is 2.34. The number of amides is 1. The largest absolute Gasteiger partial charge is 0.416 e. The van der Waals surface area contributed by atoms with Gasteiger partial charge in [-0.1, -0.05) is 28.5 Å². The van der Waals surface area contributed by atoms with Crippen LogP contribution in [0.4, 0.5) is 13.2 Å². The van der Waals surface area contributed by atoms with E-state index >= 15 is 0 Å². The Kier molecular flexibility index (Phi) is 4.28. The molecule has 1 aliphatic heterocycles. The minimum Gasteiger partial charge on any atom is -0.336 e. The number of halogens is 3. The molecule has 0 spiro atoms. The Morgan fingerprint density at radius 3 is 2.76 bits per heavy atom. The van der Waals surface area contributed by atoms with Crippen LogP contribution in [-0.4, -0.2) is 38.4 Å². The van der Waals surface area contributed by atoms with Crippen molar-refractivity contribution in [2.75, 3.05) is 7.05 Å². The van der Waals surface area contributed by atoms with Gasteiger partial charge in [0.25, 0.3) is 5.91 Å². The summed E-state index contributed by atoms with van der Waals surface area (Å²) in [6, 6.07) is 4.93. The predicted octanol–water partition coefficient (Wildman–Crippen LogP) is 3.10. The Morgan fingerprint density at radius 1 is 1.40 bits per heavy atom. The highest BCUT2D eigenvalue weighted by molar-refractivity contribution is 8.28. The maximum atomic E-state index is 12.8. The molecule has 1 atom stereocenters. The highest BCUT2D eigenvalue weighted by atomic mass is 32.2. The maximum Gasteiger partial charge on any atom is 0.416 e. The van der Waals surface area contributed by atoms with Gasteiger partial charge in [-0.15, -0.1) is 0 Å². The maximum absolute atomic E-state index is 12.8. The Morgan fingerprint density at radius 2 is 2.12 bits per heavy atom. The van der Waals surface area contributed by atoms with Crippen LogP contribution in [0.3, 0.4) is 0 Å². The van der Waals surface area contributed by atoms with Crippen LogP contribution < -0.4 is 0 Å². The molecule has 0 saturated heterocycles. The Hall–Kier alpha value is -2.42. The third kappa shape index (κ3) is 3.23. The molecule has 0 fully saturated rings. The zero-order valence-corrected chi connectivity index (χ0v) is 14.4. The molecule has 132 valence electrons. The van der Waals surface area contributed by atoms with Crippen LogP contribution in [0.15, 0.2) is 40.6 Å². The number of aryl methyl sites for hydroxylation is 1. The lowest BCUT2D eigenvalue weighted by atomic mass is 10.1. The van der Waals surface area contributed by atoms with Crippen LogP contribution in [0.1, 0.15) is 17.0 Å². The zero-order chi connectivity index (χ0) is 18.4. The second-order valence-corrected chi connectivity index (χ2v) is 7.20. The average molecular weight is 368 g/mol. The van der Waals surface area contributed by atoms with Gasteiger partial charge in [0, 0.05) is 13.6 Å². The SMILES string of the molecule is C=S1C(C(=O)N(C)Cc2cccc(C(F)(F)F)c2)=Nn2c1cnc2C. The van der Waals surface area contributed by atoms with Crippen molar-refractivity contribution in [3.63, 3.8) is 0 Å². The predicted molar refractivity (Wildman–Crippen MR) is 90.7 cm³/mol. The Balaban J connectivity index is 1.79. The first-order chi connectivity index (χ1) is 11.7. The standard InChI is InChI=1S/C16H15F3N4OS/c1-10-20-8-13-23(10)21-14(25(13)3)15(24)22(2)9-11-5-4-6-12(7-11)16(17,18)19/h4-8H,3,9H2,1-2H3. The third-order valence-electron chi connectivity index (χ3n) is 3.76. The second-order valence-electron chi connectivity index (χ2n) is 5.61. The van der Waals surface area contributed by atoms with Crippen molar-refractivity contribution >= 4 is 27.3 Å². The van der Waals surface area contributed by atoms with Gasteiger partial charge in [-0.3, -0.25) is 4.79 Å². The number of hydrogen-bond donors (Lipinski definition) is 0. The smallest absolute Gasteiger partial charge is 0.336 e.